The fourth-order valence-corrected chi connectivity index (χ4v) is 2.42. The second-order valence-corrected chi connectivity index (χ2v) is 6.41. The first kappa shape index (κ1) is 17.2. The van der Waals surface area contributed by atoms with E-state index in [0.717, 1.165) is 35.8 Å². The van der Waals surface area contributed by atoms with E-state index < -0.39 is 0 Å². The highest BCUT2D eigenvalue weighted by Gasteiger charge is 2.19. The van der Waals surface area contributed by atoms with Crippen LogP contribution in [0.25, 0.3) is 0 Å². The van der Waals surface area contributed by atoms with Gasteiger partial charge in [0.2, 0.25) is 6.29 Å². The van der Waals surface area contributed by atoms with E-state index in [1.54, 1.807) is 6.26 Å². The largest absolute Gasteiger partial charge is 0.486 e. The summed E-state index contributed by atoms with van der Waals surface area (Å²) in [5.74, 6) is 3.70. The molecule has 1 aliphatic rings. The van der Waals surface area contributed by atoms with Gasteiger partial charge in [0.15, 0.2) is 5.76 Å². The van der Waals surface area contributed by atoms with E-state index in [4.69, 9.17) is 18.9 Å². The van der Waals surface area contributed by atoms with Gasteiger partial charge in [-0.3, -0.25) is 0 Å². The van der Waals surface area contributed by atoms with Gasteiger partial charge in [0.05, 0.1) is 0 Å². The van der Waals surface area contributed by atoms with Crippen LogP contribution in [0, 0.1) is 5.92 Å². The molecular weight excluding hydrogens is 316 g/mol. The van der Waals surface area contributed by atoms with Gasteiger partial charge in [0, 0.05) is 6.42 Å². The molecule has 25 heavy (non-hydrogen) atoms. The molecule has 2 aromatic carbocycles. The van der Waals surface area contributed by atoms with Crippen molar-refractivity contribution in [3.63, 3.8) is 0 Å². The summed E-state index contributed by atoms with van der Waals surface area (Å²) >= 11 is 0. The van der Waals surface area contributed by atoms with Crippen molar-refractivity contribution >= 4 is 0 Å². The number of benzene rings is 2. The van der Waals surface area contributed by atoms with Crippen LogP contribution in [0.3, 0.4) is 0 Å². The molecular formula is C21H24O4. The maximum absolute atomic E-state index is 5.76. The Kier molecular flexibility index (Phi) is 5.83. The summed E-state index contributed by atoms with van der Waals surface area (Å²) in [4.78, 5) is 0. The number of hydrogen-bond donors (Lipinski definition) is 0. The van der Waals surface area contributed by atoms with Crippen LogP contribution in [-0.4, -0.2) is 12.9 Å². The van der Waals surface area contributed by atoms with Crippen LogP contribution < -0.4 is 9.47 Å². The van der Waals surface area contributed by atoms with Crippen LogP contribution in [-0.2, 0) is 9.47 Å². The number of ether oxygens (including phenoxy) is 4. The standard InChI is InChI=1S/C21H24O4/c1-16(2)8-13-21-23-15-20(25-21)14-22-17-9-11-19(12-10-17)24-18-6-4-3-5-7-18/h3-7,9-12,15-16,21H,8,13-14H2,1-2H3. The van der Waals surface area contributed by atoms with Gasteiger partial charge in [0.1, 0.15) is 30.1 Å². The van der Waals surface area contributed by atoms with Crippen LogP contribution in [0.5, 0.6) is 17.2 Å². The molecule has 0 N–H and O–H groups in total. The molecule has 1 aliphatic heterocycles. The zero-order valence-electron chi connectivity index (χ0n) is 14.7. The van der Waals surface area contributed by atoms with E-state index in [1.807, 2.05) is 54.6 Å². The van der Waals surface area contributed by atoms with E-state index >= 15 is 0 Å². The van der Waals surface area contributed by atoms with Gasteiger partial charge in [0.25, 0.3) is 0 Å². The number of rotatable bonds is 8. The summed E-state index contributed by atoms with van der Waals surface area (Å²) in [7, 11) is 0. The highest BCUT2D eigenvalue weighted by molar-refractivity contribution is 5.35. The molecule has 0 saturated heterocycles. The maximum atomic E-state index is 5.76. The SMILES string of the molecule is CC(C)CCC1OC=C(COc2ccc(Oc3ccccc3)cc2)O1. The molecule has 0 bridgehead atoms. The molecule has 2 aromatic rings. The van der Waals surface area contributed by atoms with Crippen molar-refractivity contribution in [2.45, 2.75) is 33.0 Å². The van der Waals surface area contributed by atoms with E-state index in [-0.39, 0.29) is 6.29 Å². The van der Waals surface area contributed by atoms with E-state index in [2.05, 4.69) is 13.8 Å². The topological polar surface area (TPSA) is 36.9 Å². The lowest BCUT2D eigenvalue weighted by Gasteiger charge is -2.13. The summed E-state index contributed by atoms with van der Waals surface area (Å²) < 4.78 is 22.7. The first-order chi connectivity index (χ1) is 12.2. The third-order valence-corrected chi connectivity index (χ3v) is 3.80. The van der Waals surface area contributed by atoms with Gasteiger partial charge in [-0.1, -0.05) is 32.0 Å². The van der Waals surface area contributed by atoms with E-state index in [0.29, 0.717) is 12.5 Å². The van der Waals surface area contributed by atoms with Gasteiger partial charge in [-0.05, 0) is 48.7 Å². The molecule has 0 aromatic heterocycles. The van der Waals surface area contributed by atoms with Crippen LogP contribution in [0.4, 0.5) is 0 Å². The molecule has 4 heteroatoms. The van der Waals surface area contributed by atoms with Gasteiger partial charge < -0.3 is 18.9 Å². The molecule has 3 rings (SSSR count). The summed E-state index contributed by atoms with van der Waals surface area (Å²) in [6, 6.07) is 17.2. The first-order valence-electron chi connectivity index (χ1n) is 8.66. The quantitative estimate of drug-likeness (QED) is 0.635. The molecule has 0 spiro atoms. The summed E-state index contributed by atoms with van der Waals surface area (Å²) in [5, 5.41) is 0. The Hall–Kier alpha value is -2.62. The van der Waals surface area contributed by atoms with Crippen molar-refractivity contribution in [3.8, 4) is 17.2 Å². The normalized spacial score (nSPS) is 16.1. The monoisotopic (exact) mass is 340 g/mol. The van der Waals surface area contributed by atoms with Crippen LogP contribution in [0.1, 0.15) is 26.7 Å². The predicted molar refractivity (Wildman–Crippen MR) is 96.6 cm³/mol. The minimum absolute atomic E-state index is 0.178. The smallest absolute Gasteiger partial charge is 0.240 e. The zero-order chi connectivity index (χ0) is 17.5. The van der Waals surface area contributed by atoms with Gasteiger partial charge in [-0.25, -0.2) is 0 Å². The zero-order valence-corrected chi connectivity index (χ0v) is 14.7. The van der Waals surface area contributed by atoms with Crippen molar-refractivity contribution in [2.24, 2.45) is 5.92 Å². The van der Waals surface area contributed by atoms with Crippen LogP contribution >= 0.6 is 0 Å². The fourth-order valence-electron chi connectivity index (χ4n) is 2.42. The highest BCUT2D eigenvalue weighted by atomic mass is 16.7. The summed E-state index contributed by atoms with van der Waals surface area (Å²) in [6.45, 7) is 4.74. The van der Waals surface area contributed by atoms with Gasteiger partial charge >= 0.3 is 0 Å². The van der Waals surface area contributed by atoms with Crippen LogP contribution in [0.15, 0.2) is 66.6 Å². The molecule has 1 unspecified atom stereocenters. The summed E-state index contributed by atoms with van der Waals surface area (Å²) in [5.41, 5.74) is 0. The minimum Gasteiger partial charge on any atom is -0.486 e. The second-order valence-electron chi connectivity index (χ2n) is 6.41. The Morgan fingerprint density at radius 3 is 2.32 bits per heavy atom. The molecule has 0 amide bonds. The van der Waals surface area contributed by atoms with E-state index in [9.17, 15) is 0 Å². The Morgan fingerprint density at radius 1 is 0.920 bits per heavy atom. The average molecular weight is 340 g/mol. The lowest BCUT2D eigenvalue weighted by Crippen LogP contribution is -2.11. The molecule has 0 radical (unpaired) electrons. The molecule has 4 nitrogen and oxygen atoms in total. The fraction of sp³-hybridized carbons (Fsp3) is 0.333. The molecule has 1 atom stereocenters. The maximum Gasteiger partial charge on any atom is 0.240 e. The number of para-hydroxylation sites is 1. The van der Waals surface area contributed by atoms with Crippen molar-refractivity contribution in [1.82, 2.24) is 0 Å². The average Bonchev–Trinajstić information content (AvgIpc) is 3.08. The predicted octanol–water partition coefficient (Wildman–Crippen LogP) is 5.51. The van der Waals surface area contributed by atoms with Gasteiger partial charge in [-0.2, -0.15) is 0 Å². The molecule has 0 aliphatic carbocycles. The third-order valence-electron chi connectivity index (χ3n) is 3.80. The number of hydrogen-bond acceptors (Lipinski definition) is 4. The van der Waals surface area contributed by atoms with Crippen molar-refractivity contribution in [3.05, 3.63) is 66.6 Å². The highest BCUT2D eigenvalue weighted by Crippen LogP contribution is 2.25. The Bertz CT molecular complexity index is 677. The lowest BCUT2D eigenvalue weighted by atomic mass is 10.1. The first-order valence-corrected chi connectivity index (χ1v) is 8.66. The third kappa shape index (κ3) is 5.45. The molecule has 1 heterocycles. The van der Waals surface area contributed by atoms with Crippen molar-refractivity contribution < 1.29 is 18.9 Å². The summed E-state index contributed by atoms with van der Waals surface area (Å²) in [6.07, 6.45) is 3.44. The Labute approximate surface area is 149 Å². The van der Waals surface area contributed by atoms with E-state index in [1.165, 1.54) is 0 Å². The second kappa shape index (κ2) is 8.47. The molecule has 132 valence electrons. The van der Waals surface area contributed by atoms with Crippen molar-refractivity contribution in [2.75, 3.05) is 6.61 Å². The molecule has 0 fully saturated rings. The lowest BCUT2D eigenvalue weighted by molar-refractivity contribution is -0.0439. The Balaban J connectivity index is 1.43. The minimum atomic E-state index is -0.178. The molecule has 0 saturated carbocycles. The Morgan fingerprint density at radius 2 is 1.60 bits per heavy atom. The van der Waals surface area contributed by atoms with Crippen LogP contribution in [0.2, 0.25) is 0 Å². The van der Waals surface area contributed by atoms with Gasteiger partial charge in [-0.15, -0.1) is 0 Å². The van der Waals surface area contributed by atoms with Crippen molar-refractivity contribution in [1.29, 1.82) is 0 Å².